The van der Waals surface area contributed by atoms with Gasteiger partial charge in [0.2, 0.25) is 0 Å². The Balaban J connectivity index is 2.19. The second-order valence-electron chi connectivity index (χ2n) is 4.29. The minimum absolute atomic E-state index is 0.197. The maximum atomic E-state index is 14.2. The minimum Gasteiger partial charge on any atom is -0.480 e. The van der Waals surface area contributed by atoms with Gasteiger partial charge in [0.1, 0.15) is 11.2 Å². The van der Waals surface area contributed by atoms with E-state index in [9.17, 15) is 9.18 Å². The van der Waals surface area contributed by atoms with Gasteiger partial charge < -0.3 is 10.8 Å². The van der Waals surface area contributed by atoms with E-state index in [4.69, 9.17) is 22.4 Å². The van der Waals surface area contributed by atoms with Crippen LogP contribution in [0.4, 0.5) is 4.39 Å². The van der Waals surface area contributed by atoms with Gasteiger partial charge in [-0.2, -0.15) is 0 Å². The molecule has 2 rings (SSSR count). The number of benzene rings is 1. The molecule has 1 aliphatic rings. The van der Waals surface area contributed by atoms with Crippen molar-refractivity contribution in [3.8, 4) is 0 Å². The topological polar surface area (TPSA) is 63.3 Å². The van der Waals surface area contributed by atoms with Crippen molar-refractivity contribution in [3.63, 3.8) is 0 Å². The second kappa shape index (κ2) is 3.43. The molecule has 1 saturated carbocycles. The van der Waals surface area contributed by atoms with Crippen LogP contribution in [0.5, 0.6) is 0 Å². The van der Waals surface area contributed by atoms with Gasteiger partial charge in [0.15, 0.2) is 0 Å². The number of alkyl halides is 1. The summed E-state index contributed by atoms with van der Waals surface area (Å²) in [7, 11) is 0. The van der Waals surface area contributed by atoms with E-state index in [1.165, 1.54) is 0 Å². The molecule has 3 nitrogen and oxygen atoms in total. The summed E-state index contributed by atoms with van der Waals surface area (Å²) >= 11 is 5.69. The van der Waals surface area contributed by atoms with Crippen molar-refractivity contribution in [2.24, 2.45) is 5.73 Å². The van der Waals surface area contributed by atoms with Gasteiger partial charge in [0.05, 0.1) is 0 Å². The number of rotatable bonds is 2. The molecule has 16 heavy (non-hydrogen) atoms. The summed E-state index contributed by atoms with van der Waals surface area (Å²) in [4.78, 5) is 10.8. The lowest BCUT2D eigenvalue weighted by Gasteiger charge is -2.46. The Bertz CT molecular complexity index is 426. The van der Waals surface area contributed by atoms with Crippen molar-refractivity contribution in [2.75, 3.05) is 0 Å². The third-order valence-corrected chi connectivity index (χ3v) is 3.23. The lowest BCUT2D eigenvalue weighted by molar-refractivity contribution is -0.155. The molecule has 0 aliphatic heterocycles. The van der Waals surface area contributed by atoms with Gasteiger partial charge in [-0.1, -0.05) is 23.7 Å². The lowest BCUT2D eigenvalue weighted by Crippen LogP contribution is -2.63. The van der Waals surface area contributed by atoms with Gasteiger partial charge in [-0.3, -0.25) is 4.79 Å². The molecule has 3 N–H and O–H groups in total. The zero-order chi connectivity index (χ0) is 12.0. The number of carboxylic acids is 1. The fourth-order valence-corrected chi connectivity index (χ4v) is 2.18. The van der Waals surface area contributed by atoms with Crippen LogP contribution in [0.25, 0.3) is 0 Å². The van der Waals surface area contributed by atoms with Crippen LogP contribution in [0.3, 0.4) is 0 Å². The van der Waals surface area contributed by atoms with Gasteiger partial charge >= 0.3 is 5.97 Å². The van der Waals surface area contributed by atoms with Crippen LogP contribution >= 0.6 is 11.6 Å². The predicted octanol–water partition coefficient (Wildman–Crippen LogP) is 2.08. The molecule has 0 amide bonds. The van der Waals surface area contributed by atoms with E-state index < -0.39 is 17.2 Å². The number of hydrogen-bond acceptors (Lipinski definition) is 2. The summed E-state index contributed by atoms with van der Waals surface area (Å²) in [5, 5.41) is 9.32. The van der Waals surface area contributed by atoms with Crippen molar-refractivity contribution in [2.45, 2.75) is 24.0 Å². The van der Waals surface area contributed by atoms with E-state index >= 15 is 0 Å². The van der Waals surface area contributed by atoms with E-state index in [1.807, 2.05) is 0 Å². The molecule has 1 fully saturated rings. The van der Waals surface area contributed by atoms with Crippen LogP contribution < -0.4 is 5.73 Å². The van der Waals surface area contributed by atoms with Gasteiger partial charge in [-0.05, 0) is 17.7 Å². The highest BCUT2D eigenvalue weighted by molar-refractivity contribution is 6.30. The Hall–Kier alpha value is -1.13. The van der Waals surface area contributed by atoms with Crippen LogP contribution in [-0.2, 0) is 10.5 Å². The Kier molecular flexibility index (Phi) is 2.44. The van der Waals surface area contributed by atoms with Gasteiger partial charge in [-0.15, -0.1) is 0 Å². The summed E-state index contributed by atoms with van der Waals surface area (Å²) in [6, 6.07) is 6.28. The highest BCUT2D eigenvalue weighted by atomic mass is 35.5. The molecule has 0 aromatic heterocycles. The summed E-state index contributed by atoms with van der Waals surface area (Å²) in [5.41, 5.74) is 2.88. The van der Waals surface area contributed by atoms with Crippen LogP contribution in [0.2, 0.25) is 5.02 Å². The van der Waals surface area contributed by atoms with Crippen molar-refractivity contribution >= 4 is 17.6 Å². The van der Waals surface area contributed by atoms with E-state index in [0.29, 0.717) is 10.6 Å². The first kappa shape index (κ1) is 11.4. The zero-order valence-electron chi connectivity index (χ0n) is 8.41. The van der Waals surface area contributed by atoms with Crippen LogP contribution in [0, 0.1) is 0 Å². The second-order valence-corrected chi connectivity index (χ2v) is 4.72. The molecule has 0 bridgehead atoms. The maximum Gasteiger partial charge on any atom is 0.323 e. The average molecular weight is 244 g/mol. The Morgan fingerprint density at radius 3 is 2.31 bits per heavy atom. The highest BCUT2D eigenvalue weighted by Crippen LogP contribution is 2.50. The standard InChI is InChI=1S/C11H11ClFNO2/c12-8-3-1-7(2-4-8)10(13)5-11(14,6-10)9(15)16/h1-4H,5-6,14H2,(H,15,16). The van der Waals surface area contributed by atoms with Gasteiger partial charge in [0, 0.05) is 17.9 Å². The molecule has 86 valence electrons. The molecule has 1 aliphatic carbocycles. The van der Waals surface area contributed by atoms with E-state index in [1.54, 1.807) is 24.3 Å². The highest BCUT2D eigenvalue weighted by Gasteiger charge is 2.58. The average Bonchev–Trinajstić information content (AvgIpc) is 2.16. The van der Waals surface area contributed by atoms with Gasteiger partial charge in [0.25, 0.3) is 0 Å². The third-order valence-electron chi connectivity index (χ3n) is 2.98. The predicted molar refractivity (Wildman–Crippen MR) is 58.0 cm³/mol. The fourth-order valence-electron chi connectivity index (χ4n) is 2.05. The Morgan fingerprint density at radius 2 is 1.88 bits per heavy atom. The van der Waals surface area contributed by atoms with E-state index in [-0.39, 0.29) is 12.8 Å². The van der Waals surface area contributed by atoms with E-state index in [0.717, 1.165) is 0 Å². The summed E-state index contributed by atoms with van der Waals surface area (Å²) in [6.07, 6.45) is -0.395. The smallest absolute Gasteiger partial charge is 0.323 e. The zero-order valence-corrected chi connectivity index (χ0v) is 9.17. The first-order chi connectivity index (χ1) is 7.36. The number of aliphatic carboxylic acids is 1. The molecule has 0 atom stereocenters. The van der Waals surface area contributed by atoms with Crippen molar-refractivity contribution in [1.29, 1.82) is 0 Å². The molecule has 0 unspecified atom stereocenters. The fraction of sp³-hybridized carbons (Fsp3) is 0.364. The Morgan fingerprint density at radius 1 is 1.38 bits per heavy atom. The monoisotopic (exact) mass is 243 g/mol. The summed E-state index contributed by atoms with van der Waals surface area (Å²) < 4.78 is 14.2. The first-order valence-corrected chi connectivity index (χ1v) is 5.21. The van der Waals surface area contributed by atoms with Crippen LogP contribution in [0.1, 0.15) is 18.4 Å². The van der Waals surface area contributed by atoms with Crippen LogP contribution in [-0.4, -0.2) is 16.6 Å². The molecular weight excluding hydrogens is 233 g/mol. The number of carboxylic acid groups (broad SMARTS) is 1. The molecule has 1 aromatic carbocycles. The number of halogens is 2. The molecule has 5 heteroatoms. The van der Waals surface area contributed by atoms with Crippen molar-refractivity contribution in [3.05, 3.63) is 34.9 Å². The SMILES string of the molecule is NC1(C(=O)O)CC(F)(c2ccc(Cl)cc2)C1. The lowest BCUT2D eigenvalue weighted by atomic mass is 9.64. The summed E-state index contributed by atoms with van der Waals surface area (Å²) in [5.74, 6) is -1.16. The molecular formula is C11H11ClFNO2. The number of carbonyl (C=O) groups is 1. The number of nitrogens with two attached hydrogens (primary N) is 1. The normalized spacial score (nSPS) is 33.2. The molecule has 1 aromatic rings. The molecule has 0 spiro atoms. The van der Waals surface area contributed by atoms with Crippen molar-refractivity contribution < 1.29 is 14.3 Å². The minimum atomic E-state index is -1.64. The molecule has 0 saturated heterocycles. The van der Waals surface area contributed by atoms with Crippen LogP contribution in [0.15, 0.2) is 24.3 Å². The quantitative estimate of drug-likeness (QED) is 0.836. The largest absolute Gasteiger partial charge is 0.480 e. The Labute approximate surface area is 97.0 Å². The number of hydrogen-bond donors (Lipinski definition) is 2. The molecule has 0 heterocycles. The third kappa shape index (κ3) is 1.68. The molecule has 0 radical (unpaired) electrons. The summed E-state index contributed by atoms with van der Waals surface area (Å²) in [6.45, 7) is 0. The maximum absolute atomic E-state index is 14.2. The van der Waals surface area contributed by atoms with E-state index in [2.05, 4.69) is 0 Å². The van der Waals surface area contributed by atoms with Crippen molar-refractivity contribution in [1.82, 2.24) is 0 Å². The van der Waals surface area contributed by atoms with Gasteiger partial charge in [-0.25, -0.2) is 4.39 Å². The first-order valence-electron chi connectivity index (χ1n) is 4.83.